The first-order valence-corrected chi connectivity index (χ1v) is 14.7. The zero-order valence-electron chi connectivity index (χ0n) is 21.2. The number of nitriles is 1. The molecule has 3 N–H and O–H groups in total. The Bertz CT molecular complexity index is 1340. The zero-order valence-corrected chi connectivity index (χ0v) is 22.9. The fourth-order valence-corrected chi connectivity index (χ4v) is 7.15. The van der Waals surface area contributed by atoms with Crippen molar-refractivity contribution in [2.75, 3.05) is 17.8 Å². The topological polar surface area (TPSA) is 134 Å². The van der Waals surface area contributed by atoms with Crippen LogP contribution in [-0.4, -0.2) is 40.8 Å². The van der Waals surface area contributed by atoms with Gasteiger partial charge < -0.3 is 15.8 Å². The molecule has 38 heavy (non-hydrogen) atoms. The maximum atomic E-state index is 13.3. The van der Waals surface area contributed by atoms with Gasteiger partial charge in [0.05, 0.1) is 30.4 Å². The van der Waals surface area contributed by atoms with Gasteiger partial charge >= 0.3 is 0 Å². The Labute approximate surface area is 230 Å². The van der Waals surface area contributed by atoms with E-state index in [0.29, 0.717) is 45.6 Å². The SMILES string of the molecule is COc1cccc(C2C(C#N)=C(N)N(c3nnc(SCC(=O)NC4CCCCC4)s3)C3=C2C(=O)CCC3)c1. The molecule has 0 saturated heterocycles. The van der Waals surface area contributed by atoms with Crippen molar-refractivity contribution < 1.29 is 14.3 Å². The molecule has 11 heteroatoms. The van der Waals surface area contributed by atoms with Gasteiger partial charge in [-0.05, 0) is 43.4 Å². The number of hydrogen-bond donors (Lipinski definition) is 2. The number of nitrogens with zero attached hydrogens (tertiary/aromatic N) is 4. The van der Waals surface area contributed by atoms with Crippen molar-refractivity contribution in [1.29, 1.82) is 5.26 Å². The lowest BCUT2D eigenvalue weighted by molar-refractivity contribution is -0.119. The van der Waals surface area contributed by atoms with Crippen LogP contribution < -0.4 is 20.7 Å². The fourth-order valence-electron chi connectivity index (χ4n) is 5.45. The van der Waals surface area contributed by atoms with Gasteiger partial charge in [-0.2, -0.15) is 5.26 Å². The molecule has 1 aromatic carbocycles. The lowest BCUT2D eigenvalue weighted by Gasteiger charge is -2.38. The number of rotatable bonds is 7. The molecule has 198 valence electrons. The largest absolute Gasteiger partial charge is 0.497 e. The van der Waals surface area contributed by atoms with Crippen molar-refractivity contribution in [3.63, 3.8) is 0 Å². The number of thioether (sulfide) groups is 1. The van der Waals surface area contributed by atoms with Crippen molar-refractivity contribution in [2.24, 2.45) is 5.73 Å². The molecule has 9 nitrogen and oxygen atoms in total. The Morgan fingerprint density at radius 3 is 2.84 bits per heavy atom. The maximum Gasteiger partial charge on any atom is 0.230 e. The molecule has 1 aromatic heterocycles. The molecule has 2 aromatic rings. The summed E-state index contributed by atoms with van der Waals surface area (Å²) < 4.78 is 6.02. The number of allylic oxidation sites excluding steroid dienone is 3. The Hall–Kier alpha value is -3.36. The molecule has 2 aliphatic carbocycles. The fraction of sp³-hybridized carbons (Fsp3) is 0.444. The van der Waals surface area contributed by atoms with Crippen LogP contribution in [0, 0.1) is 11.3 Å². The minimum absolute atomic E-state index is 0.00261. The van der Waals surface area contributed by atoms with Crippen LogP contribution in [0.3, 0.4) is 0 Å². The van der Waals surface area contributed by atoms with Crippen LogP contribution in [0.5, 0.6) is 5.75 Å². The summed E-state index contributed by atoms with van der Waals surface area (Å²) in [6, 6.07) is 9.92. The van der Waals surface area contributed by atoms with Crippen molar-refractivity contribution in [2.45, 2.75) is 67.7 Å². The van der Waals surface area contributed by atoms with Crippen LogP contribution in [0.1, 0.15) is 62.8 Å². The van der Waals surface area contributed by atoms with Crippen LogP contribution in [-0.2, 0) is 9.59 Å². The van der Waals surface area contributed by atoms with E-state index < -0.39 is 5.92 Å². The van der Waals surface area contributed by atoms with Crippen molar-refractivity contribution in [3.8, 4) is 11.8 Å². The van der Waals surface area contributed by atoms with E-state index in [-0.39, 0.29) is 29.3 Å². The first-order chi connectivity index (χ1) is 18.5. The first-order valence-electron chi connectivity index (χ1n) is 12.9. The van der Waals surface area contributed by atoms with E-state index in [4.69, 9.17) is 10.5 Å². The third-order valence-electron chi connectivity index (χ3n) is 7.22. The molecule has 0 bridgehead atoms. The van der Waals surface area contributed by atoms with Gasteiger partial charge in [-0.25, -0.2) is 0 Å². The molecular weight excluding hydrogens is 520 g/mol. The molecule has 5 rings (SSSR count). The molecule has 0 spiro atoms. The van der Waals surface area contributed by atoms with Gasteiger partial charge in [0.25, 0.3) is 0 Å². The van der Waals surface area contributed by atoms with E-state index in [9.17, 15) is 14.9 Å². The number of ketones is 1. The number of carbonyl (C=O) groups excluding carboxylic acids is 2. The van der Waals surface area contributed by atoms with E-state index in [1.165, 1.54) is 29.5 Å². The number of nitrogens with one attached hydrogen (secondary N) is 1. The molecule has 1 aliphatic heterocycles. The highest BCUT2D eigenvalue weighted by Gasteiger charge is 2.41. The second kappa shape index (κ2) is 11.6. The molecule has 1 saturated carbocycles. The molecule has 2 heterocycles. The molecular formula is C27H30N6O3S2. The lowest BCUT2D eigenvalue weighted by atomic mass is 9.76. The van der Waals surface area contributed by atoms with Crippen LogP contribution in [0.2, 0.25) is 0 Å². The van der Waals surface area contributed by atoms with Crippen molar-refractivity contribution in [3.05, 3.63) is 52.5 Å². The van der Waals surface area contributed by atoms with Crippen LogP contribution in [0.25, 0.3) is 0 Å². The predicted octanol–water partition coefficient (Wildman–Crippen LogP) is 4.39. The summed E-state index contributed by atoms with van der Waals surface area (Å²) in [5, 5.41) is 22.4. The van der Waals surface area contributed by atoms with Gasteiger partial charge in [0.15, 0.2) is 10.1 Å². The summed E-state index contributed by atoms with van der Waals surface area (Å²) >= 11 is 2.63. The highest BCUT2D eigenvalue weighted by molar-refractivity contribution is 8.01. The minimum Gasteiger partial charge on any atom is -0.497 e. The number of carbonyl (C=O) groups is 2. The third-order valence-corrected chi connectivity index (χ3v) is 9.27. The molecule has 1 fully saturated rings. The van der Waals surface area contributed by atoms with Gasteiger partial charge in [0.2, 0.25) is 11.0 Å². The van der Waals surface area contributed by atoms with Gasteiger partial charge in [-0.1, -0.05) is 54.5 Å². The second-order valence-corrected chi connectivity index (χ2v) is 11.8. The number of anilines is 1. The highest BCUT2D eigenvalue weighted by atomic mass is 32.2. The Balaban J connectivity index is 1.42. The summed E-state index contributed by atoms with van der Waals surface area (Å²) in [6.07, 6.45) is 7.36. The Morgan fingerprint density at radius 2 is 2.08 bits per heavy atom. The van der Waals surface area contributed by atoms with Gasteiger partial charge in [0.1, 0.15) is 11.6 Å². The molecule has 1 amide bonds. The van der Waals surface area contributed by atoms with E-state index in [1.54, 1.807) is 12.0 Å². The average molecular weight is 551 g/mol. The monoisotopic (exact) mass is 550 g/mol. The van der Waals surface area contributed by atoms with Gasteiger partial charge in [-0.15, -0.1) is 10.2 Å². The standard InChI is InChI=1S/C27H30N6O3S2/c1-36-18-10-5-7-16(13-18)23-19(14-28)25(29)33(20-11-6-12-21(34)24(20)23)26-31-32-27(38-26)37-15-22(35)30-17-8-3-2-4-9-17/h5,7,10,13,17,23H,2-4,6,8-9,11-12,15,29H2,1H3,(H,30,35). The summed E-state index contributed by atoms with van der Waals surface area (Å²) in [4.78, 5) is 27.5. The zero-order chi connectivity index (χ0) is 26.6. The van der Waals surface area contributed by atoms with E-state index in [0.717, 1.165) is 36.9 Å². The predicted molar refractivity (Wildman–Crippen MR) is 147 cm³/mol. The lowest BCUT2D eigenvalue weighted by Crippen LogP contribution is -2.38. The smallest absolute Gasteiger partial charge is 0.230 e. The molecule has 0 radical (unpaired) electrons. The quantitative estimate of drug-likeness (QED) is 0.481. The first kappa shape index (κ1) is 26.3. The van der Waals surface area contributed by atoms with Crippen molar-refractivity contribution >= 4 is 39.9 Å². The van der Waals surface area contributed by atoms with Crippen LogP contribution in [0.4, 0.5) is 5.13 Å². The maximum absolute atomic E-state index is 13.3. The summed E-state index contributed by atoms with van der Waals surface area (Å²) in [5.41, 5.74) is 9.04. The second-order valence-electron chi connectivity index (χ2n) is 9.63. The van der Waals surface area contributed by atoms with Crippen molar-refractivity contribution in [1.82, 2.24) is 15.5 Å². The summed E-state index contributed by atoms with van der Waals surface area (Å²) in [7, 11) is 1.58. The normalized spacial score (nSPS) is 20.3. The van der Waals surface area contributed by atoms with E-state index >= 15 is 0 Å². The van der Waals surface area contributed by atoms with E-state index in [1.807, 2.05) is 24.3 Å². The number of ether oxygens (including phenoxy) is 1. The molecule has 1 unspecified atom stereocenters. The van der Waals surface area contributed by atoms with Gasteiger partial charge in [-0.3, -0.25) is 14.5 Å². The summed E-state index contributed by atoms with van der Waals surface area (Å²) in [5.74, 6) is 0.569. The number of amides is 1. The van der Waals surface area contributed by atoms with Gasteiger partial charge in [0, 0.05) is 23.7 Å². The number of methoxy groups -OCH3 is 1. The number of Topliss-reactive ketones (excluding diaryl/α,β-unsaturated/α-hetero) is 1. The van der Waals surface area contributed by atoms with E-state index in [2.05, 4.69) is 21.6 Å². The third kappa shape index (κ3) is 5.28. The number of benzene rings is 1. The number of aromatic nitrogens is 2. The number of nitrogens with two attached hydrogens (primary N) is 1. The minimum atomic E-state index is -0.570. The number of hydrogen-bond acceptors (Lipinski definition) is 10. The van der Waals surface area contributed by atoms with Crippen LogP contribution in [0.15, 0.2) is 51.3 Å². The Kier molecular flexibility index (Phi) is 8.00. The van der Waals surface area contributed by atoms with Crippen LogP contribution >= 0.6 is 23.1 Å². The Morgan fingerprint density at radius 1 is 1.26 bits per heavy atom. The highest BCUT2D eigenvalue weighted by Crippen LogP contribution is 2.47. The molecule has 3 aliphatic rings. The molecule has 1 atom stereocenters. The summed E-state index contributed by atoms with van der Waals surface area (Å²) in [6.45, 7) is 0. The average Bonchev–Trinajstić information content (AvgIpc) is 3.40.